The van der Waals surface area contributed by atoms with Crippen molar-refractivity contribution in [2.24, 2.45) is 11.7 Å². The fraction of sp³-hybridized carbons (Fsp3) is 0.600. The second-order valence-corrected chi connectivity index (χ2v) is 5.31. The Morgan fingerprint density at radius 2 is 2.06 bits per heavy atom. The fourth-order valence-electron chi connectivity index (χ4n) is 2.61. The molecule has 0 heterocycles. The highest BCUT2D eigenvalue weighted by molar-refractivity contribution is 5.29. The van der Waals surface area contributed by atoms with E-state index in [1.54, 1.807) is 12.1 Å². The molecule has 0 aliphatic heterocycles. The van der Waals surface area contributed by atoms with E-state index in [1.165, 1.54) is 38.2 Å². The van der Waals surface area contributed by atoms with E-state index < -0.39 is 0 Å². The first-order chi connectivity index (χ1) is 8.66. The van der Waals surface area contributed by atoms with Crippen LogP contribution in [-0.2, 0) is 0 Å². The number of nitrogens with two attached hydrogens (primary N) is 1. The molecule has 1 aromatic carbocycles. The molecule has 1 aliphatic rings. The molecular weight excluding hydrogens is 229 g/mol. The third kappa shape index (κ3) is 3.45. The molecule has 1 atom stereocenters. The Kier molecular flexibility index (Phi) is 4.59. The van der Waals surface area contributed by atoms with Crippen LogP contribution in [0.4, 0.5) is 4.39 Å². The van der Waals surface area contributed by atoms with E-state index in [0.29, 0.717) is 18.3 Å². The van der Waals surface area contributed by atoms with Crippen molar-refractivity contribution in [2.45, 2.75) is 45.1 Å². The summed E-state index contributed by atoms with van der Waals surface area (Å²) in [5, 5.41) is 0. The van der Waals surface area contributed by atoms with Gasteiger partial charge in [-0.05, 0) is 43.4 Å². The molecular formula is C15H22FNO. The van der Waals surface area contributed by atoms with Crippen LogP contribution >= 0.6 is 0 Å². The van der Waals surface area contributed by atoms with Gasteiger partial charge >= 0.3 is 0 Å². The van der Waals surface area contributed by atoms with Gasteiger partial charge in [0.15, 0.2) is 11.6 Å². The monoisotopic (exact) mass is 251 g/mol. The van der Waals surface area contributed by atoms with Crippen molar-refractivity contribution in [3.05, 3.63) is 29.6 Å². The van der Waals surface area contributed by atoms with Crippen LogP contribution in [0.5, 0.6) is 5.75 Å². The van der Waals surface area contributed by atoms with Crippen LogP contribution in [0.3, 0.4) is 0 Å². The molecule has 1 fully saturated rings. The first-order valence-electron chi connectivity index (χ1n) is 6.81. The number of hydrogen-bond acceptors (Lipinski definition) is 2. The maximum absolute atomic E-state index is 13.5. The van der Waals surface area contributed by atoms with Gasteiger partial charge in [0.25, 0.3) is 0 Å². The number of benzene rings is 1. The lowest BCUT2D eigenvalue weighted by molar-refractivity contribution is 0.208. The molecule has 1 saturated carbocycles. The molecule has 1 unspecified atom stereocenters. The Morgan fingerprint density at radius 1 is 1.33 bits per heavy atom. The Morgan fingerprint density at radius 3 is 2.78 bits per heavy atom. The summed E-state index contributed by atoms with van der Waals surface area (Å²) in [5.74, 6) is 0.546. The number of rotatable bonds is 4. The van der Waals surface area contributed by atoms with Gasteiger partial charge in [-0.15, -0.1) is 0 Å². The Bertz CT molecular complexity index is 388. The second-order valence-electron chi connectivity index (χ2n) is 5.31. The van der Waals surface area contributed by atoms with Gasteiger partial charge in [0.2, 0.25) is 0 Å². The Hall–Kier alpha value is -1.09. The van der Waals surface area contributed by atoms with Gasteiger partial charge in [0.05, 0.1) is 0 Å². The van der Waals surface area contributed by atoms with Gasteiger partial charge in [-0.25, -0.2) is 4.39 Å². The van der Waals surface area contributed by atoms with Gasteiger partial charge in [0, 0.05) is 6.04 Å². The highest BCUT2D eigenvalue weighted by Gasteiger charge is 2.21. The van der Waals surface area contributed by atoms with Crippen LogP contribution < -0.4 is 10.5 Å². The second kappa shape index (κ2) is 6.19. The summed E-state index contributed by atoms with van der Waals surface area (Å²) in [7, 11) is 0. The van der Waals surface area contributed by atoms with E-state index in [2.05, 4.69) is 0 Å². The number of halogens is 1. The summed E-state index contributed by atoms with van der Waals surface area (Å²) in [4.78, 5) is 0. The van der Waals surface area contributed by atoms with E-state index >= 15 is 0 Å². The maximum atomic E-state index is 13.5. The largest absolute Gasteiger partial charge is 0.489 e. The summed E-state index contributed by atoms with van der Waals surface area (Å²) in [6.07, 6.45) is 6.20. The van der Waals surface area contributed by atoms with E-state index in [9.17, 15) is 4.39 Å². The van der Waals surface area contributed by atoms with Crippen LogP contribution in [0, 0.1) is 18.7 Å². The van der Waals surface area contributed by atoms with Gasteiger partial charge in [-0.3, -0.25) is 0 Å². The average Bonchev–Trinajstić information content (AvgIpc) is 2.40. The van der Waals surface area contributed by atoms with Crippen molar-refractivity contribution < 1.29 is 9.13 Å². The molecule has 1 aliphatic carbocycles. The molecule has 0 bridgehead atoms. The molecule has 0 spiro atoms. The molecule has 100 valence electrons. The molecule has 0 saturated heterocycles. The normalized spacial score (nSPS) is 18.6. The minimum atomic E-state index is -0.309. The number of aryl methyl sites for hydroxylation is 1. The van der Waals surface area contributed by atoms with Crippen LogP contribution in [0.2, 0.25) is 0 Å². The molecule has 0 radical (unpaired) electrons. The van der Waals surface area contributed by atoms with Crippen LogP contribution in [0.15, 0.2) is 18.2 Å². The topological polar surface area (TPSA) is 35.2 Å². The third-order valence-electron chi connectivity index (χ3n) is 3.77. The lowest BCUT2D eigenvalue weighted by Gasteiger charge is -2.27. The zero-order valence-electron chi connectivity index (χ0n) is 11.0. The highest BCUT2D eigenvalue weighted by Crippen LogP contribution is 2.26. The minimum absolute atomic E-state index is 0.0187. The van der Waals surface area contributed by atoms with Crippen molar-refractivity contribution in [1.29, 1.82) is 0 Å². The molecule has 0 amide bonds. The number of ether oxygens (including phenoxy) is 1. The van der Waals surface area contributed by atoms with Crippen molar-refractivity contribution in [2.75, 3.05) is 6.61 Å². The predicted octanol–water partition coefficient (Wildman–Crippen LogP) is 3.42. The van der Waals surface area contributed by atoms with E-state index in [0.717, 1.165) is 5.56 Å². The summed E-state index contributed by atoms with van der Waals surface area (Å²) in [6, 6.07) is 4.92. The van der Waals surface area contributed by atoms with Gasteiger partial charge in [0.1, 0.15) is 6.61 Å². The lowest BCUT2D eigenvalue weighted by atomic mass is 9.84. The third-order valence-corrected chi connectivity index (χ3v) is 3.77. The Labute approximate surface area is 108 Å². The zero-order valence-corrected chi connectivity index (χ0v) is 11.0. The minimum Gasteiger partial charge on any atom is -0.489 e. The zero-order chi connectivity index (χ0) is 13.0. The standard InChI is InChI=1S/C15H22FNO/c1-11-7-8-13(16)15(9-11)18-10-14(17)12-5-3-2-4-6-12/h7-9,12,14H,2-6,10,17H2,1H3. The lowest BCUT2D eigenvalue weighted by Crippen LogP contribution is -2.37. The first kappa shape index (κ1) is 13.3. The first-order valence-corrected chi connectivity index (χ1v) is 6.81. The van der Waals surface area contributed by atoms with Crippen LogP contribution in [-0.4, -0.2) is 12.6 Å². The SMILES string of the molecule is Cc1ccc(F)c(OCC(N)C2CCCCC2)c1. The van der Waals surface area contributed by atoms with Crippen LogP contribution in [0.1, 0.15) is 37.7 Å². The fourth-order valence-corrected chi connectivity index (χ4v) is 2.61. The molecule has 1 aromatic rings. The summed E-state index contributed by atoms with van der Waals surface area (Å²) >= 11 is 0. The van der Waals surface area contributed by atoms with Crippen molar-refractivity contribution in [3.63, 3.8) is 0 Å². The maximum Gasteiger partial charge on any atom is 0.165 e. The average molecular weight is 251 g/mol. The summed E-state index contributed by atoms with van der Waals surface area (Å²) in [6.45, 7) is 2.33. The molecule has 2 N–H and O–H groups in total. The van der Waals surface area contributed by atoms with E-state index in [4.69, 9.17) is 10.5 Å². The smallest absolute Gasteiger partial charge is 0.165 e. The predicted molar refractivity (Wildman–Crippen MR) is 71.2 cm³/mol. The van der Waals surface area contributed by atoms with Gasteiger partial charge < -0.3 is 10.5 Å². The van der Waals surface area contributed by atoms with Crippen molar-refractivity contribution in [3.8, 4) is 5.75 Å². The molecule has 3 heteroatoms. The Balaban J connectivity index is 1.88. The quantitative estimate of drug-likeness (QED) is 0.890. The highest BCUT2D eigenvalue weighted by atomic mass is 19.1. The van der Waals surface area contributed by atoms with Crippen LogP contribution in [0.25, 0.3) is 0 Å². The number of hydrogen-bond donors (Lipinski definition) is 1. The van der Waals surface area contributed by atoms with Crippen molar-refractivity contribution >= 4 is 0 Å². The van der Waals surface area contributed by atoms with E-state index in [-0.39, 0.29) is 11.9 Å². The molecule has 0 aromatic heterocycles. The van der Waals surface area contributed by atoms with Gasteiger partial charge in [-0.1, -0.05) is 25.3 Å². The van der Waals surface area contributed by atoms with Crippen molar-refractivity contribution in [1.82, 2.24) is 0 Å². The summed E-state index contributed by atoms with van der Waals surface area (Å²) in [5.41, 5.74) is 7.13. The van der Waals surface area contributed by atoms with Gasteiger partial charge in [-0.2, -0.15) is 0 Å². The molecule has 18 heavy (non-hydrogen) atoms. The molecule has 2 rings (SSSR count). The summed E-state index contributed by atoms with van der Waals surface area (Å²) < 4.78 is 19.0. The molecule has 2 nitrogen and oxygen atoms in total. The van der Waals surface area contributed by atoms with E-state index in [1.807, 2.05) is 6.92 Å².